The van der Waals surface area contributed by atoms with Crippen LogP contribution in [0.5, 0.6) is 0 Å². The minimum absolute atomic E-state index is 0.105. The summed E-state index contributed by atoms with van der Waals surface area (Å²) in [6.45, 7) is -0.288. The van der Waals surface area contributed by atoms with Gasteiger partial charge in [-0.15, -0.1) is 0 Å². The van der Waals surface area contributed by atoms with Crippen LogP contribution in [0, 0.1) is 10.1 Å². The molecule has 7 heteroatoms. The Kier molecular flexibility index (Phi) is 4.81. The minimum atomic E-state index is -0.552. The van der Waals surface area contributed by atoms with Gasteiger partial charge < -0.3 is 10.1 Å². The summed E-state index contributed by atoms with van der Waals surface area (Å²) in [5, 5.41) is 12.9. The number of nitro benzene ring substituents is 1. The van der Waals surface area contributed by atoms with Gasteiger partial charge in [0.05, 0.1) is 10.5 Å². The Morgan fingerprint density at radius 2 is 1.64 bits per heavy atom. The third-order valence-corrected chi connectivity index (χ3v) is 2.79. The molecule has 0 aliphatic rings. The van der Waals surface area contributed by atoms with Crippen molar-refractivity contribution < 1.29 is 19.2 Å². The van der Waals surface area contributed by atoms with E-state index < -0.39 is 16.8 Å². The molecule has 0 radical (unpaired) electrons. The van der Waals surface area contributed by atoms with Gasteiger partial charge in [-0.1, -0.05) is 18.2 Å². The van der Waals surface area contributed by atoms with E-state index in [2.05, 4.69) is 5.32 Å². The Balaban J connectivity index is 1.85. The van der Waals surface area contributed by atoms with Crippen LogP contribution in [-0.2, 0) is 4.74 Å². The first-order chi connectivity index (χ1) is 10.6. The fourth-order valence-electron chi connectivity index (χ4n) is 1.66. The molecule has 7 nitrogen and oxygen atoms in total. The first kappa shape index (κ1) is 15.2. The summed E-state index contributed by atoms with van der Waals surface area (Å²) in [4.78, 5) is 33.4. The van der Waals surface area contributed by atoms with Gasteiger partial charge in [0.25, 0.3) is 11.6 Å². The number of rotatable bonds is 5. The number of carbonyl (C=O) groups is 2. The maximum atomic E-state index is 11.8. The standard InChI is InChI=1S/C15H12N2O5/c18-14(11-6-8-13(9-7-11)17(20)21)16-10-22-15(19)12-4-2-1-3-5-12/h1-9H,10H2,(H,16,18). The van der Waals surface area contributed by atoms with Gasteiger partial charge in [-0.25, -0.2) is 4.79 Å². The molecular formula is C15H12N2O5. The Morgan fingerprint density at radius 3 is 2.23 bits per heavy atom. The zero-order valence-electron chi connectivity index (χ0n) is 11.4. The van der Waals surface area contributed by atoms with Crippen molar-refractivity contribution in [2.24, 2.45) is 0 Å². The summed E-state index contributed by atoms with van der Waals surface area (Å²) in [5.74, 6) is -1.04. The summed E-state index contributed by atoms with van der Waals surface area (Å²) in [6, 6.07) is 13.5. The molecule has 0 atom stereocenters. The quantitative estimate of drug-likeness (QED) is 0.395. The van der Waals surface area contributed by atoms with E-state index in [-0.39, 0.29) is 18.0 Å². The third-order valence-electron chi connectivity index (χ3n) is 2.79. The molecule has 0 fully saturated rings. The first-order valence-corrected chi connectivity index (χ1v) is 6.33. The Hall–Kier alpha value is -3.22. The molecule has 0 saturated carbocycles. The molecule has 2 rings (SSSR count). The molecule has 0 aromatic heterocycles. The van der Waals surface area contributed by atoms with Crippen LogP contribution in [0.3, 0.4) is 0 Å². The largest absolute Gasteiger partial charge is 0.441 e. The highest BCUT2D eigenvalue weighted by Crippen LogP contribution is 2.11. The lowest BCUT2D eigenvalue weighted by molar-refractivity contribution is -0.384. The number of hydrogen-bond acceptors (Lipinski definition) is 5. The molecule has 0 bridgehead atoms. The van der Waals surface area contributed by atoms with E-state index >= 15 is 0 Å². The van der Waals surface area contributed by atoms with Gasteiger partial charge in [0.15, 0.2) is 6.73 Å². The van der Waals surface area contributed by atoms with E-state index in [0.717, 1.165) is 0 Å². The van der Waals surface area contributed by atoms with E-state index in [4.69, 9.17) is 4.74 Å². The highest BCUT2D eigenvalue weighted by molar-refractivity contribution is 5.94. The summed E-state index contributed by atoms with van der Waals surface area (Å²) in [7, 11) is 0. The number of nitrogens with one attached hydrogen (secondary N) is 1. The Bertz CT molecular complexity index is 683. The van der Waals surface area contributed by atoms with Crippen molar-refractivity contribution in [3.05, 3.63) is 75.8 Å². The predicted molar refractivity (Wildman–Crippen MR) is 77.3 cm³/mol. The molecule has 0 unspecified atom stereocenters. The van der Waals surface area contributed by atoms with Crippen molar-refractivity contribution in [3.8, 4) is 0 Å². The molecular weight excluding hydrogens is 288 g/mol. The number of carbonyl (C=O) groups excluding carboxylic acids is 2. The maximum Gasteiger partial charge on any atom is 0.339 e. The molecule has 0 aliphatic heterocycles. The van der Waals surface area contributed by atoms with Crippen LogP contribution in [0.4, 0.5) is 5.69 Å². The van der Waals surface area contributed by atoms with Crippen molar-refractivity contribution in [2.75, 3.05) is 6.73 Å². The van der Waals surface area contributed by atoms with Crippen molar-refractivity contribution in [1.29, 1.82) is 0 Å². The highest BCUT2D eigenvalue weighted by Gasteiger charge is 2.10. The molecule has 2 aromatic carbocycles. The summed E-state index contributed by atoms with van der Waals surface area (Å²) in [6.07, 6.45) is 0. The van der Waals surface area contributed by atoms with Crippen LogP contribution < -0.4 is 5.32 Å². The SMILES string of the molecule is O=C(NCOC(=O)c1ccccc1)c1ccc([N+](=O)[O-])cc1. The first-order valence-electron chi connectivity index (χ1n) is 6.33. The molecule has 0 saturated heterocycles. The maximum absolute atomic E-state index is 11.8. The van der Waals surface area contributed by atoms with Crippen LogP contribution in [0.2, 0.25) is 0 Å². The molecule has 2 aromatic rings. The molecule has 0 aliphatic carbocycles. The average molecular weight is 300 g/mol. The topological polar surface area (TPSA) is 98.5 Å². The number of esters is 1. The molecule has 1 amide bonds. The van der Waals surface area contributed by atoms with E-state index in [1.165, 1.54) is 24.3 Å². The monoisotopic (exact) mass is 300 g/mol. The number of nitrogens with zero attached hydrogens (tertiary/aromatic N) is 1. The van der Waals surface area contributed by atoms with Crippen LogP contribution in [0.25, 0.3) is 0 Å². The smallest absolute Gasteiger partial charge is 0.339 e. The fourth-order valence-corrected chi connectivity index (χ4v) is 1.66. The summed E-state index contributed by atoms with van der Waals surface area (Å²) >= 11 is 0. The number of benzene rings is 2. The van der Waals surface area contributed by atoms with E-state index in [0.29, 0.717) is 5.56 Å². The summed E-state index contributed by atoms with van der Waals surface area (Å²) in [5.41, 5.74) is 0.514. The second-order valence-corrected chi connectivity index (χ2v) is 4.25. The normalized spacial score (nSPS) is 9.82. The van der Waals surface area contributed by atoms with Crippen molar-refractivity contribution in [3.63, 3.8) is 0 Å². The Labute approximate surface area is 125 Å². The fraction of sp³-hybridized carbons (Fsp3) is 0.0667. The van der Waals surface area contributed by atoms with Gasteiger partial charge in [-0.05, 0) is 24.3 Å². The zero-order valence-corrected chi connectivity index (χ0v) is 11.4. The highest BCUT2D eigenvalue weighted by atomic mass is 16.6. The second-order valence-electron chi connectivity index (χ2n) is 4.25. The van der Waals surface area contributed by atoms with Gasteiger partial charge in [-0.2, -0.15) is 0 Å². The molecule has 112 valence electrons. The van der Waals surface area contributed by atoms with E-state index in [9.17, 15) is 19.7 Å². The number of hydrogen-bond donors (Lipinski definition) is 1. The van der Waals surface area contributed by atoms with Crippen molar-refractivity contribution in [1.82, 2.24) is 5.32 Å². The number of non-ortho nitro benzene ring substituents is 1. The van der Waals surface area contributed by atoms with Crippen LogP contribution in [-0.4, -0.2) is 23.5 Å². The lowest BCUT2D eigenvalue weighted by Gasteiger charge is -2.06. The van der Waals surface area contributed by atoms with Gasteiger partial charge in [0.1, 0.15) is 0 Å². The number of amides is 1. The zero-order chi connectivity index (χ0) is 15.9. The van der Waals surface area contributed by atoms with E-state index in [1.807, 2.05) is 0 Å². The van der Waals surface area contributed by atoms with E-state index in [1.54, 1.807) is 30.3 Å². The third kappa shape index (κ3) is 3.89. The number of nitro groups is 1. The summed E-state index contributed by atoms with van der Waals surface area (Å²) < 4.78 is 4.90. The molecule has 0 heterocycles. The average Bonchev–Trinajstić information content (AvgIpc) is 2.55. The molecule has 22 heavy (non-hydrogen) atoms. The molecule has 1 N–H and O–H groups in total. The van der Waals surface area contributed by atoms with Crippen LogP contribution in [0.1, 0.15) is 20.7 Å². The Morgan fingerprint density at radius 1 is 1.00 bits per heavy atom. The van der Waals surface area contributed by atoms with Gasteiger partial charge in [-0.3, -0.25) is 14.9 Å². The lowest BCUT2D eigenvalue weighted by Crippen LogP contribution is -2.27. The van der Waals surface area contributed by atoms with Gasteiger partial charge in [0.2, 0.25) is 0 Å². The minimum Gasteiger partial charge on any atom is -0.441 e. The predicted octanol–water partition coefficient (Wildman–Crippen LogP) is 2.14. The van der Waals surface area contributed by atoms with Crippen molar-refractivity contribution >= 4 is 17.6 Å². The lowest BCUT2D eigenvalue weighted by atomic mass is 10.2. The van der Waals surface area contributed by atoms with Gasteiger partial charge in [0, 0.05) is 17.7 Å². The molecule has 0 spiro atoms. The number of ether oxygens (including phenoxy) is 1. The van der Waals surface area contributed by atoms with Gasteiger partial charge >= 0.3 is 5.97 Å². The van der Waals surface area contributed by atoms with Crippen LogP contribution in [0.15, 0.2) is 54.6 Å². The van der Waals surface area contributed by atoms with Crippen molar-refractivity contribution in [2.45, 2.75) is 0 Å². The second kappa shape index (κ2) is 6.98. The van der Waals surface area contributed by atoms with Crippen LogP contribution >= 0.6 is 0 Å².